The molecule has 2 aliphatic rings. The molecular weight excluding hydrogens is 464 g/mol. The number of carbonyl (C=O) groups is 2. The molecule has 0 radical (unpaired) electrons. The number of aliphatic hydroxyl groups excluding tert-OH is 1. The van der Waals surface area contributed by atoms with E-state index in [1.165, 1.54) is 6.08 Å². The smallest absolute Gasteiger partial charge is 0.175 e. The third-order valence-electron chi connectivity index (χ3n) is 4.85. The molecule has 0 bridgehead atoms. The van der Waals surface area contributed by atoms with Crippen LogP contribution in [0.3, 0.4) is 0 Å². The zero-order valence-electron chi connectivity index (χ0n) is 14.0. The second-order valence-electron chi connectivity index (χ2n) is 6.26. The van der Waals surface area contributed by atoms with Gasteiger partial charge in [0.25, 0.3) is 0 Å². The molecule has 3 atom stereocenters. The Morgan fingerprint density at radius 3 is 2.62 bits per heavy atom. The van der Waals surface area contributed by atoms with E-state index in [4.69, 9.17) is 9.84 Å². The minimum Gasteiger partial charge on any atom is -0.491 e. The number of Topliss-reactive ketones (excluding diaryl/α,β-unsaturated/α-hetero) is 1. The van der Waals surface area contributed by atoms with Crippen molar-refractivity contribution in [3.8, 4) is 5.75 Å². The second-order valence-corrected chi connectivity index (χ2v) is 8.43. The first kappa shape index (κ1) is 19.3. The average Bonchev–Trinajstić information content (AvgIpc) is 2.64. The Kier molecular flexibility index (Phi) is 5.65. The van der Waals surface area contributed by atoms with Gasteiger partial charge in [0.05, 0.1) is 17.0 Å². The molecule has 3 rings (SSSR count). The van der Waals surface area contributed by atoms with Crippen LogP contribution in [0.2, 0.25) is 0 Å². The summed E-state index contributed by atoms with van der Waals surface area (Å²) >= 11 is 6.88. The Labute approximate surface area is 168 Å². The molecule has 0 unspecified atom stereocenters. The lowest BCUT2D eigenvalue weighted by Gasteiger charge is -2.45. The molecule has 136 valence electrons. The molecule has 0 amide bonds. The number of aliphatic hydroxyl groups is 1. The Hall–Kier alpha value is -1.50. The maximum Gasteiger partial charge on any atom is 0.175 e. The number of ketones is 2. The van der Waals surface area contributed by atoms with Gasteiger partial charge in [-0.15, -0.1) is 0 Å². The molecule has 0 aliphatic heterocycles. The summed E-state index contributed by atoms with van der Waals surface area (Å²) in [6.07, 6.45) is 5.57. The minimum absolute atomic E-state index is 0.0578. The van der Waals surface area contributed by atoms with Gasteiger partial charge in [0.2, 0.25) is 0 Å². The highest BCUT2D eigenvalue weighted by molar-refractivity contribution is 9.12. The predicted molar refractivity (Wildman–Crippen MR) is 107 cm³/mol. The summed E-state index contributed by atoms with van der Waals surface area (Å²) in [7, 11) is 0. The SMILES string of the molecule is C=CC1=CC[C@H]2C(=O)C(Br)=CC(=O)[C@@]2(Br)[C@H]1c1ccc(OCCO)cc1. The fourth-order valence-corrected chi connectivity index (χ4v) is 5.14. The highest BCUT2D eigenvalue weighted by atomic mass is 79.9. The van der Waals surface area contributed by atoms with Crippen LogP contribution in [0.15, 0.2) is 59.1 Å². The first-order chi connectivity index (χ1) is 12.4. The number of alkyl halides is 1. The zero-order valence-corrected chi connectivity index (χ0v) is 17.1. The van der Waals surface area contributed by atoms with E-state index in [0.717, 1.165) is 11.1 Å². The van der Waals surface area contributed by atoms with Crippen LogP contribution >= 0.6 is 31.9 Å². The highest BCUT2D eigenvalue weighted by Crippen LogP contribution is 2.54. The summed E-state index contributed by atoms with van der Waals surface area (Å²) in [5, 5.41) is 8.86. The summed E-state index contributed by atoms with van der Waals surface area (Å²) in [6.45, 7) is 4.04. The predicted octanol–water partition coefficient (Wildman–Crippen LogP) is 3.84. The van der Waals surface area contributed by atoms with Crippen molar-refractivity contribution in [2.24, 2.45) is 5.92 Å². The van der Waals surface area contributed by atoms with Gasteiger partial charge in [-0.2, -0.15) is 0 Å². The van der Waals surface area contributed by atoms with Crippen molar-refractivity contribution in [3.05, 3.63) is 64.7 Å². The fraction of sp³-hybridized carbons (Fsp3) is 0.300. The molecule has 4 nitrogen and oxygen atoms in total. The molecular formula is C20H18Br2O4. The van der Waals surface area contributed by atoms with Gasteiger partial charge in [0.15, 0.2) is 11.6 Å². The standard InChI is InChI=1S/C20H18Br2O4/c1-2-12-5-8-15-19(25)16(21)11-17(24)20(15,22)18(12)13-3-6-14(7-4-13)26-10-9-23/h2-7,11,15,18,23H,1,8-10H2/t15-,18+,20+/m0/s1. The van der Waals surface area contributed by atoms with Crippen LogP contribution in [0.25, 0.3) is 0 Å². The molecule has 0 saturated carbocycles. The molecule has 26 heavy (non-hydrogen) atoms. The molecule has 6 heteroatoms. The molecule has 1 aromatic rings. The Bertz CT molecular complexity index is 810. The molecule has 1 aromatic carbocycles. The normalized spacial score (nSPS) is 28.1. The number of rotatable bonds is 5. The quantitative estimate of drug-likeness (QED) is 0.649. The Morgan fingerprint density at radius 2 is 2.00 bits per heavy atom. The topological polar surface area (TPSA) is 63.6 Å². The van der Waals surface area contributed by atoms with Crippen LogP contribution in [0.4, 0.5) is 0 Å². The number of benzene rings is 1. The molecule has 0 fully saturated rings. The van der Waals surface area contributed by atoms with Crippen LogP contribution in [-0.2, 0) is 9.59 Å². The van der Waals surface area contributed by atoms with Crippen molar-refractivity contribution in [2.75, 3.05) is 13.2 Å². The minimum atomic E-state index is -1.03. The van der Waals surface area contributed by atoms with Gasteiger partial charge in [0, 0.05) is 12.0 Å². The van der Waals surface area contributed by atoms with Gasteiger partial charge in [0.1, 0.15) is 16.7 Å². The summed E-state index contributed by atoms with van der Waals surface area (Å²) in [4.78, 5) is 25.6. The van der Waals surface area contributed by atoms with E-state index in [2.05, 4.69) is 38.4 Å². The number of fused-ring (bicyclic) bond motifs is 1. The maximum absolute atomic E-state index is 12.9. The van der Waals surface area contributed by atoms with E-state index >= 15 is 0 Å². The van der Waals surface area contributed by atoms with Gasteiger partial charge in [-0.3, -0.25) is 9.59 Å². The van der Waals surface area contributed by atoms with Crippen molar-refractivity contribution >= 4 is 43.4 Å². The molecule has 0 heterocycles. The summed E-state index contributed by atoms with van der Waals surface area (Å²) in [5.74, 6) is -0.385. The molecule has 2 aliphatic carbocycles. The van der Waals surface area contributed by atoms with Gasteiger partial charge in [-0.25, -0.2) is 0 Å². The van der Waals surface area contributed by atoms with Gasteiger partial charge in [-0.1, -0.05) is 46.8 Å². The number of allylic oxidation sites excluding steroid dienone is 5. The van der Waals surface area contributed by atoms with Crippen molar-refractivity contribution in [1.82, 2.24) is 0 Å². The summed E-state index contributed by atoms with van der Waals surface area (Å²) in [6, 6.07) is 7.36. The lowest BCUT2D eigenvalue weighted by atomic mass is 9.64. The largest absolute Gasteiger partial charge is 0.491 e. The highest BCUT2D eigenvalue weighted by Gasteiger charge is 2.56. The first-order valence-corrected chi connectivity index (χ1v) is 9.83. The van der Waals surface area contributed by atoms with Crippen LogP contribution in [0, 0.1) is 5.92 Å². The van der Waals surface area contributed by atoms with Crippen molar-refractivity contribution < 1.29 is 19.4 Å². The number of hydrogen-bond acceptors (Lipinski definition) is 4. The van der Waals surface area contributed by atoms with Gasteiger partial charge < -0.3 is 9.84 Å². The van der Waals surface area contributed by atoms with Crippen molar-refractivity contribution in [1.29, 1.82) is 0 Å². The van der Waals surface area contributed by atoms with E-state index in [0.29, 0.717) is 16.7 Å². The van der Waals surface area contributed by atoms with Crippen LogP contribution in [-0.4, -0.2) is 34.2 Å². The first-order valence-electron chi connectivity index (χ1n) is 8.24. The third-order valence-corrected chi connectivity index (χ3v) is 6.87. The monoisotopic (exact) mass is 480 g/mol. The third kappa shape index (κ3) is 3.15. The number of halogens is 2. The van der Waals surface area contributed by atoms with Gasteiger partial charge in [-0.05, 0) is 45.6 Å². The summed E-state index contributed by atoms with van der Waals surface area (Å²) < 4.78 is 4.69. The van der Waals surface area contributed by atoms with E-state index in [-0.39, 0.29) is 30.7 Å². The number of carbonyl (C=O) groups excluding carboxylic acids is 2. The number of ether oxygens (including phenoxy) is 1. The second kappa shape index (κ2) is 7.62. The summed E-state index contributed by atoms with van der Waals surface area (Å²) in [5.41, 5.74) is 1.80. The van der Waals surface area contributed by atoms with E-state index in [9.17, 15) is 9.59 Å². The maximum atomic E-state index is 12.9. The zero-order chi connectivity index (χ0) is 18.9. The number of hydrogen-bond donors (Lipinski definition) is 1. The lowest BCUT2D eigenvalue weighted by molar-refractivity contribution is -0.127. The van der Waals surface area contributed by atoms with E-state index < -0.39 is 10.2 Å². The van der Waals surface area contributed by atoms with E-state index in [1.807, 2.05) is 18.2 Å². The Morgan fingerprint density at radius 1 is 1.31 bits per heavy atom. The van der Waals surface area contributed by atoms with Crippen molar-refractivity contribution in [2.45, 2.75) is 16.7 Å². The van der Waals surface area contributed by atoms with Crippen LogP contribution in [0.1, 0.15) is 17.9 Å². The fourth-order valence-electron chi connectivity index (χ4n) is 3.62. The van der Waals surface area contributed by atoms with Gasteiger partial charge >= 0.3 is 0 Å². The molecule has 0 saturated heterocycles. The molecule has 0 aromatic heterocycles. The van der Waals surface area contributed by atoms with E-state index in [1.54, 1.807) is 18.2 Å². The lowest BCUT2D eigenvalue weighted by Crippen LogP contribution is -2.52. The molecule has 1 N–H and O–H groups in total. The Balaban J connectivity index is 2.06. The van der Waals surface area contributed by atoms with Crippen LogP contribution in [0.5, 0.6) is 5.75 Å². The molecule has 0 spiro atoms. The average molecular weight is 482 g/mol. The van der Waals surface area contributed by atoms with Crippen molar-refractivity contribution in [3.63, 3.8) is 0 Å². The van der Waals surface area contributed by atoms with Crippen LogP contribution < -0.4 is 4.74 Å².